The number of thiazole rings is 1. The second kappa shape index (κ2) is 5.06. The summed E-state index contributed by atoms with van der Waals surface area (Å²) in [5.41, 5.74) is 6.34. The van der Waals surface area contributed by atoms with Crippen LogP contribution in [0.2, 0.25) is 0 Å². The lowest BCUT2D eigenvalue weighted by molar-refractivity contribution is 0.590. The Balaban J connectivity index is 1.92. The summed E-state index contributed by atoms with van der Waals surface area (Å²) in [7, 11) is 0. The summed E-state index contributed by atoms with van der Waals surface area (Å²) in [5, 5.41) is 3.22. The maximum absolute atomic E-state index is 13.9. The minimum Gasteiger partial charge on any atom is -0.389 e. The smallest absolute Gasteiger partial charge is 0.187 e. The minimum absolute atomic E-state index is 0.0393. The highest BCUT2D eigenvalue weighted by Crippen LogP contribution is 2.33. The molecular formula is C13H11F2N3S2. The molecule has 0 spiro atoms. The van der Waals surface area contributed by atoms with Gasteiger partial charge < -0.3 is 11.1 Å². The molecule has 3 nitrogen and oxygen atoms in total. The maximum Gasteiger partial charge on any atom is 0.187 e. The molecule has 3 rings (SSSR count). The fourth-order valence-electron chi connectivity index (χ4n) is 2.19. The van der Waals surface area contributed by atoms with Gasteiger partial charge in [0.25, 0.3) is 0 Å². The highest BCUT2D eigenvalue weighted by Gasteiger charge is 2.19. The molecule has 0 saturated heterocycles. The van der Waals surface area contributed by atoms with Crippen molar-refractivity contribution in [3.63, 3.8) is 0 Å². The van der Waals surface area contributed by atoms with Crippen molar-refractivity contribution in [2.24, 2.45) is 5.73 Å². The van der Waals surface area contributed by atoms with Crippen LogP contribution in [0.15, 0.2) is 12.1 Å². The van der Waals surface area contributed by atoms with E-state index in [2.05, 4.69) is 10.3 Å². The van der Waals surface area contributed by atoms with Gasteiger partial charge in [0.05, 0.1) is 5.69 Å². The van der Waals surface area contributed by atoms with Crippen LogP contribution in [0, 0.1) is 11.6 Å². The third-order valence-electron chi connectivity index (χ3n) is 3.15. The van der Waals surface area contributed by atoms with Gasteiger partial charge in [-0.05, 0) is 31.4 Å². The van der Waals surface area contributed by atoms with E-state index in [-0.39, 0.29) is 16.2 Å². The number of thiocarbonyl (C=S) groups is 1. The Kier molecular flexibility index (Phi) is 3.39. The average Bonchev–Trinajstić information content (AvgIpc) is 2.93. The number of nitrogens with zero attached hydrogens (tertiary/aromatic N) is 1. The summed E-state index contributed by atoms with van der Waals surface area (Å²) >= 11 is 6.15. The number of hydrogen-bond acceptors (Lipinski definition) is 4. The lowest BCUT2D eigenvalue weighted by atomic mass is 10.2. The van der Waals surface area contributed by atoms with Crippen LogP contribution in [-0.4, -0.2) is 9.97 Å². The van der Waals surface area contributed by atoms with Crippen molar-refractivity contribution in [1.29, 1.82) is 0 Å². The maximum atomic E-state index is 13.9. The summed E-state index contributed by atoms with van der Waals surface area (Å²) < 4.78 is 27.8. The predicted molar refractivity (Wildman–Crippen MR) is 79.7 cm³/mol. The fraction of sp³-hybridized carbons (Fsp3) is 0.231. The summed E-state index contributed by atoms with van der Waals surface area (Å²) in [4.78, 5) is 5.50. The first-order valence-corrected chi connectivity index (χ1v) is 7.31. The van der Waals surface area contributed by atoms with E-state index < -0.39 is 11.6 Å². The van der Waals surface area contributed by atoms with E-state index in [0.717, 1.165) is 37.1 Å². The second-order valence-electron chi connectivity index (χ2n) is 4.55. The number of fused-ring (bicyclic) bond motifs is 1. The molecule has 7 heteroatoms. The molecular weight excluding hydrogens is 300 g/mol. The molecule has 0 radical (unpaired) electrons. The molecule has 0 unspecified atom stereocenters. The van der Waals surface area contributed by atoms with Gasteiger partial charge in [0, 0.05) is 10.4 Å². The number of nitrogens with one attached hydrogen (secondary N) is 1. The van der Waals surface area contributed by atoms with Crippen molar-refractivity contribution >= 4 is 39.4 Å². The molecule has 0 amide bonds. The molecule has 0 fully saturated rings. The SMILES string of the molecule is NC(=S)c1cc(F)c(Nc2nc3c(s2)CCC3)c(F)c1. The molecule has 0 bridgehead atoms. The highest BCUT2D eigenvalue weighted by atomic mass is 32.1. The van der Waals surface area contributed by atoms with Crippen LogP contribution in [-0.2, 0) is 12.8 Å². The number of rotatable bonds is 3. The van der Waals surface area contributed by atoms with Crippen molar-refractivity contribution in [3.05, 3.63) is 39.9 Å². The monoisotopic (exact) mass is 311 g/mol. The Morgan fingerprint density at radius 3 is 2.60 bits per heavy atom. The van der Waals surface area contributed by atoms with Crippen molar-refractivity contribution in [1.82, 2.24) is 4.98 Å². The Bertz CT molecular complexity index is 652. The molecule has 0 aliphatic heterocycles. The first-order valence-electron chi connectivity index (χ1n) is 6.09. The number of nitrogens with two attached hydrogens (primary N) is 1. The first-order chi connectivity index (χ1) is 9.54. The molecule has 1 aliphatic rings. The topological polar surface area (TPSA) is 50.9 Å². The number of aryl methyl sites for hydroxylation is 2. The Morgan fingerprint density at radius 1 is 1.30 bits per heavy atom. The van der Waals surface area contributed by atoms with E-state index in [1.807, 2.05) is 0 Å². The number of hydrogen-bond donors (Lipinski definition) is 2. The summed E-state index contributed by atoms with van der Waals surface area (Å²) in [5.74, 6) is -1.47. The van der Waals surface area contributed by atoms with Gasteiger partial charge in [-0.25, -0.2) is 13.8 Å². The zero-order valence-electron chi connectivity index (χ0n) is 10.4. The van der Waals surface area contributed by atoms with Crippen LogP contribution in [0.4, 0.5) is 19.6 Å². The third-order valence-corrected chi connectivity index (χ3v) is 4.46. The van der Waals surface area contributed by atoms with Gasteiger partial charge in [-0.15, -0.1) is 11.3 Å². The number of aromatic nitrogens is 1. The van der Waals surface area contributed by atoms with Crippen LogP contribution in [0.5, 0.6) is 0 Å². The molecule has 1 aliphatic carbocycles. The minimum atomic E-state index is -0.733. The largest absolute Gasteiger partial charge is 0.389 e. The summed E-state index contributed by atoms with van der Waals surface area (Å²) in [6.07, 6.45) is 3.01. The Hall–Kier alpha value is -1.60. The molecule has 0 atom stereocenters. The molecule has 1 aromatic heterocycles. The van der Waals surface area contributed by atoms with Gasteiger partial charge in [-0.3, -0.25) is 0 Å². The van der Waals surface area contributed by atoms with Crippen molar-refractivity contribution < 1.29 is 8.78 Å². The molecule has 20 heavy (non-hydrogen) atoms. The number of benzene rings is 1. The molecule has 3 N–H and O–H groups in total. The molecule has 1 aromatic carbocycles. The van der Waals surface area contributed by atoms with Crippen molar-refractivity contribution in [3.8, 4) is 0 Å². The zero-order valence-corrected chi connectivity index (χ0v) is 12.0. The van der Waals surface area contributed by atoms with Crippen LogP contribution >= 0.6 is 23.6 Å². The normalized spacial score (nSPS) is 13.3. The predicted octanol–water partition coefficient (Wildman–Crippen LogP) is 3.29. The van der Waals surface area contributed by atoms with E-state index in [0.29, 0.717) is 5.13 Å². The molecule has 104 valence electrons. The van der Waals surface area contributed by atoms with Gasteiger partial charge in [-0.2, -0.15) is 0 Å². The Labute approximate surface area is 123 Å². The third kappa shape index (κ3) is 2.38. The van der Waals surface area contributed by atoms with Crippen LogP contribution in [0.25, 0.3) is 0 Å². The van der Waals surface area contributed by atoms with Crippen LogP contribution in [0.1, 0.15) is 22.6 Å². The summed E-state index contributed by atoms with van der Waals surface area (Å²) in [6.45, 7) is 0. The Morgan fingerprint density at radius 2 is 2.00 bits per heavy atom. The van der Waals surface area contributed by atoms with E-state index in [1.54, 1.807) is 0 Å². The van der Waals surface area contributed by atoms with Gasteiger partial charge in [0.2, 0.25) is 0 Å². The lowest BCUT2D eigenvalue weighted by Gasteiger charge is -2.08. The first kappa shape index (κ1) is 13.4. The average molecular weight is 311 g/mol. The molecule has 0 saturated carbocycles. The van der Waals surface area contributed by atoms with Gasteiger partial charge >= 0.3 is 0 Å². The number of halogens is 2. The van der Waals surface area contributed by atoms with E-state index in [4.69, 9.17) is 18.0 Å². The zero-order chi connectivity index (χ0) is 14.3. The summed E-state index contributed by atoms with van der Waals surface area (Å²) in [6, 6.07) is 2.24. The lowest BCUT2D eigenvalue weighted by Crippen LogP contribution is -2.11. The number of anilines is 2. The van der Waals surface area contributed by atoms with Gasteiger partial charge in [0.1, 0.15) is 22.3 Å². The van der Waals surface area contributed by atoms with Gasteiger partial charge in [-0.1, -0.05) is 12.2 Å². The standard InChI is InChI=1S/C13H11F2N3S2/c14-7-4-6(12(16)19)5-8(15)11(7)18-13-17-9-2-1-3-10(9)20-13/h4-5H,1-3H2,(H2,16,19)(H,17,18). The van der Waals surface area contributed by atoms with Crippen LogP contribution < -0.4 is 11.1 Å². The second-order valence-corrected chi connectivity index (χ2v) is 6.07. The van der Waals surface area contributed by atoms with Crippen molar-refractivity contribution in [2.75, 3.05) is 5.32 Å². The quantitative estimate of drug-likeness (QED) is 0.854. The highest BCUT2D eigenvalue weighted by molar-refractivity contribution is 7.80. The fourth-order valence-corrected chi connectivity index (χ4v) is 3.36. The molecule has 2 aromatic rings. The van der Waals surface area contributed by atoms with Gasteiger partial charge in [0.15, 0.2) is 5.13 Å². The van der Waals surface area contributed by atoms with E-state index in [9.17, 15) is 8.78 Å². The van der Waals surface area contributed by atoms with E-state index in [1.165, 1.54) is 16.2 Å². The van der Waals surface area contributed by atoms with Crippen molar-refractivity contribution in [2.45, 2.75) is 19.3 Å². The van der Waals surface area contributed by atoms with E-state index >= 15 is 0 Å². The van der Waals surface area contributed by atoms with Crippen LogP contribution in [0.3, 0.4) is 0 Å². The molecule has 1 heterocycles.